The van der Waals surface area contributed by atoms with E-state index >= 15 is 0 Å². The second-order valence-corrected chi connectivity index (χ2v) is 7.91. The summed E-state index contributed by atoms with van der Waals surface area (Å²) in [6, 6.07) is 9.08. The molecule has 0 bridgehead atoms. The molecule has 160 valence electrons. The molecule has 0 aliphatic heterocycles. The molecule has 2 N–H and O–H groups in total. The number of benzene rings is 2. The molecule has 0 saturated heterocycles. The van der Waals surface area contributed by atoms with Crippen LogP contribution in [0.5, 0.6) is 0 Å². The highest BCUT2D eigenvalue weighted by atomic mass is 32.2. The molecule has 0 unspecified atom stereocenters. The molecule has 0 atom stereocenters. The van der Waals surface area contributed by atoms with Crippen LogP contribution < -0.4 is 10.0 Å². The summed E-state index contributed by atoms with van der Waals surface area (Å²) < 4.78 is 50.6. The summed E-state index contributed by atoms with van der Waals surface area (Å²) in [7, 11) is 1.96. The molecular formula is C21H23F3N4OS. The molecule has 0 fully saturated rings. The molecule has 9 heteroatoms. The minimum Gasteiger partial charge on any atom is -0.381 e. The van der Waals surface area contributed by atoms with Gasteiger partial charge in [0.2, 0.25) is 0 Å². The predicted octanol–water partition coefficient (Wildman–Crippen LogP) is 5.66. The zero-order valence-electron chi connectivity index (χ0n) is 16.9. The lowest BCUT2D eigenvalue weighted by Gasteiger charge is -2.23. The number of hydrogen-bond donors (Lipinski definition) is 2. The minimum absolute atomic E-state index is 0.108. The predicted molar refractivity (Wildman–Crippen MR) is 113 cm³/mol. The van der Waals surface area contributed by atoms with Crippen molar-refractivity contribution < 1.29 is 17.7 Å². The number of anilines is 2. The van der Waals surface area contributed by atoms with Crippen LogP contribution in [0.25, 0.3) is 0 Å². The third-order valence-electron chi connectivity index (χ3n) is 4.68. The van der Waals surface area contributed by atoms with Crippen LogP contribution in [0.4, 0.5) is 24.7 Å². The van der Waals surface area contributed by atoms with Gasteiger partial charge in [-0.3, -0.25) is 4.90 Å². The summed E-state index contributed by atoms with van der Waals surface area (Å²) in [5, 5.41) is 6.54. The van der Waals surface area contributed by atoms with Gasteiger partial charge in [-0.25, -0.2) is 13.2 Å². The van der Waals surface area contributed by atoms with Crippen LogP contribution in [0.1, 0.15) is 25.0 Å². The SMILES string of the molecule is CC(C)N(C)Cc1cccc(F)c1CNc1cc(F)c(SNc2ccon2)c(F)c1. The molecule has 5 nitrogen and oxygen atoms in total. The van der Waals surface area contributed by atoms with Gasteiger partial charge in [-0.1, -0.05) is 17.3 Å². The number of rotatable bonds is 9. The van der Waals surface area contributed by atoms with E-state index in [1.165, 1.54) is 30.5 Å². The Morgan fingerprint density at radius 1 is 1.10 bits per heavy atom. The van der Waals surface area contributed by atoms with Crippen molar-refractivity contribution in [3.63, 3.8) is 0 Å². The van der Waals surface area contributed by atoms with Crippen molar-refractivity contribution in [2.75, 3.05) is 17.1 Å². The quantitative estimate of drug-likeness (QED) is 0.422. The summed E-state index contributed by atoms with van der Waals surface area (Å²) in [6.07, 6.45) is 1.35. The lowest BCUT2D eigenvalue weighted by molar-refractivity contribution is 0.264. The molecule has 30 heavy (non-hydrogen) atoms. The minimum atomic E-state index is -0.744. The summed E-state index contributed by atoms with van der Waals surface area (Å²) in [5.74, 6) is -1.50. The van der Waals surface area contributed by atoms with Crippen molar-refractivity contribution in [3.8, 4) is 0 Å². The number of hydrogen-bond acceptors (Lipinski definition) is 6. The normalized spacial score (nSPS) is 11.3. The van der Waals surface area contributed by atoms with E-state index in [2.05, 4.69) is 38.5 Å². The largest absolute Gasteiger partial charge is 0.381 e. The van der Waals surface area contributed by atoms with Crippen LogP contribution >= 0.6 is 11.9 Å². The fourth-order valence-electron chi connectivity index (χ4n) is 2.72. The second-order valence-electron chi connectivity index (χ2n) is 7.10. The Bertz CT molecular complexity index is 959. The highest BCUT2D eigenvalue weighted by Gasteiger charge is 2.15. The van der Waals surface area contributed by atoms with E-state index in [1.54, 1.807) is 6.07 Å². The molecule has 0 spiro atoms. The topological polar surface area (TPSA) is 53.3 Å². The van der Waals surface area contributed by atoms with Crippen molar-refractivity contribution in [2.45, 2.75) is 37.9 Å². The number of nitrogens with zero attached hydrogens (tertiary/aromatic N) is 2. The standard InChI is InChI=1S/C21H23F3N4OS/c1-13(2)28(3)12-14-5-4-6-17(22)16(14)11-25-15-9-18(23)21(19(24)10-15)30-27-20-7-8-29-26-20/h4-10,13,25H,11-12H2,1-3H3,(H,26,27). The third kappa shape index (κ3) is 5.48. The molecule has 3 aromatic rings. The lowest BCUT2D eigenvalue weighted by Crippen LogP contribution is -2.26. The highest BCUT2D eigenvalue weighted by molar-refractivity contribution is 8.00. The zero-order valence-corrected chi connectivity index (χ0v) is 17.7. The maximum Gasteiger partial charge on any atom is 0.179 e. The van der Waals surface area contributed by atoms with E-state index < -0.39 is 11.6 Å². The van der Waals surface area contributed by atoms with E-state index in [0.717, 1.165) is 17.5 Å². The molecule has 3 rings (SSSR count). The van der Waals surface area contributed by atoms with E-state index in [0.29, 0.717) is 24.0 Å². The first-order chi connectivity index (χ1) is 14.3. The molecule has 0 aliphatic rings. The number of nitrogens with one attached hydrogen (secondary N) is 2. The zero-order chi connectivity index (χ0) is 21.7. The van der Waals surface area contributed by atoms with Crippen LogP contribution in [0.15, 0.2) is 52.1 Å². The molecule has 1 heterocycles. The van der Waals surface area contributed by atoms with Crippen molar-refractivity contribution >= 4 is 23.5 Å². The summed E-state index contributed by atoms with van der Waals surface area (Å²) in [5.41, 5.74) is 1.52. The monoisotopic (exact) mass is 436 g/mol. The van der Waals surface area contributed by atoms with Gasteiger partial charge in [0.1, 0.15) is 28.6 Å². The van der Waals surface area contributed by atoms with Crippen LogP contribution in [-0.4, -0.2) is 23.1 Å². The van der Waals surface area contributed by atoms with Gasteiger partial charge >= 0.3 is 0 Å². The smallest absolute Gasteiger partial charge is 0.179 e. The molecule has 2 aromatic carbocycles. The average molecular weight is 437 g/mol. The molecule has 0 radical (unpaired) electrons. The summed E-state index contributed by atoms with van der Waals surface area (Å²) >= 11 is 0.753. The Morgan fingerprint density at radius 3 is 2.47 bits per heavy atom. The highest BCUT2D eigenvalue weighted by Crippen LogP contribution is 2.29. The van der Waals surface area contributed by atoms with Gasteiger partial charge in [-0.15, -0.1) is 0 Å². The van der Waals surface area contributed by atoms with E-state index in [1.807, 2.05) is 13.1 Å². The van der Waals surface area contributed by atoms with Gasteiger partial charge in [-0.2, -0.15) is 0 Å². The Balaban J connectivity index is 1.71. The maximum absolute atomic E-state index is 14.4. The Labute approximate surface area is 177 Å². The molecule has 0 aliphatic carbocycles. The lowest BCUT2D eigenvalue weighted by atomic mass is 10.1. The van der Waals surface area contributed by atoms with Gasteiger partial charge < -0.3 is 14.6 Å². The van der Waals surface area contributed by atoms with E-state index in [-0.39, 0.29) is 22.9 Å². The van der Waals surface area contributed by atoms with Gasteiger partial charge in [0.15, 0.2) is 5.82 Å². The Hall–Kier alpha value is -2.65. The first kappa shape index (κ1) is 22.0. The summed E-state index contributed by atoms with van der Waals surface area (Å²) in [6.45, 7) is 4.79. The Morgan fingerprint density at radius 2 is 1.83 bits per heavy atom. The molecule has 1 aromatic heterocycles. The third-order valence-corrected chi connectivity index (χ3v) is 5.59. The first-order valence-electron chi connectivity index (χ1n) is 9.37. The Kier molecular flexibility index (Phi) is 7.28. The number of aromatic nitrogens is 1. The van der Waals surface area contributed by atoms with Gasteiger partial charge in [-0.05, 0) is 56.6 Å². The van der Waals surface area contributed by atoms with Crippen LogP contribution in [0.3, 0.4) is 0 Å². The second kappa shape index (κ2) is 9.90. The van der Waals surface area contributed by atoms with Crippen LogP contribution in [-0.2, 0) is 13.1 Å². The first-order valence-corrected chi connectivity index (χ1v) is 10.2. The maximum atomic E-state index is 14.4. The van der Waals surface area contributed by atoms with Crippen molar-refractivity contribution in [3.05, 3.63) is 71.2 Å². The van der Waals surface area contributed by atoms with Gasteiger partial charge in [0.25, 0.3) is 0 Å². The van der Waals surface area contributed by atoms with Crippen molar-refractivity contribution in [1.82, 2.24) is 10.1 Å². The molecule has 0 saturated carbocycles. The number of halogens is 3. The van der Waals surface area contributed by atoms with E-state index in [4.69, 9.17) is 0 Å². The molecule has 0 amide bonds. The van der Waals surface area contributed by atoms with Crippen LogP contribution in [0, 0.1) is 17.5 Å². The van der Waals surface area contributed by atoms with Crippen LogP contribution in [0.2, 0.25) is 0 Å². The summed E-state index contributed by atoms with van der Waals surface area (Å²) in [4.78, 5) is 1.89. The van der Waals surface area contributed by atoms with Gasteiger partial charge in [0, 0.05) is 36.4 Å². The van der Waals surface area contributed by atoms with Crippen molar-refractivity contribution in [1.29, 1.82) is 0 Å². The average Bonchev–Trinajstić information content (AvgIpc) is 3.20. The van der Waals surface area contributed by atoms with E-state index in [9.17, 15) is 13.2 Å². The fourth-order valence-corrected chi connectivity index (χ4v) is 3.34. The van der Waals surface area contributed by atoms with Gasteiger partial charge in [0.05, 0.1) is 0 Å². The van der Waals surface area contributed by atoms with Crippen molar-refractivity contribution in [2.24, 2.45) is 0 Å². The fraction of sp³-hybridized carbons (Fsp3) is 0.286. The molecular weight excluding hydrogens is 413 g/mol.